The van der Waals surface area contributed by atoms with Gasteiger partial charge in [-0.15, -0.1) is 0 Å². The van der Waals surface area contributed by atoms with Crippen molar-refractivity contribution in [2.24, 2.45) is 0 Å². The van der Waals surface area contributed by atoms with Gasteiger partial charge in [-0.2, -0.15) is 0 Å². The lowest BCUT2D eigenvalue weighted by Gasteiger charge is -2.09. The Morgan fingerprint density at radius 2 is 0.458 bits per heavy atom. The molecule has 0 aromatic heterocycles. The molecule has 1 heterocycles. The predicted molar refractivity (Wildman–Crippen MR) is 65.8 cm³/mol. The first kappa shape index (κ1) is 18.9. The SMILES string of the molecule is O=C1COC(=O)COC(=O)COC(=O)COC(=O)COC(=O)CO1. The number of hydrogen-bond donors (Lipinski definition) is 0. The molecule has 0 bridgehead atoms. The van der Waals surface area contributed by atoms with Gasteiger partial charge in [0.1, 0.15) is 0 Å². The number of hydrogen-bond acceptors (Lipinski definition) is 12. The van der Waals surface area contributed by atoms with Gasteiger partial charge in [-0.25, -0.2) is 28.8 Å². The molecule has 1 aliphatic rings. The Morgan fingerprint density at radius 3 is 0.583 bits per heavy atom. The van der Waals surface area contributed by atoms with Crippen LogP contribution in [0.4, 0.5) is 0 Å². The predicted octanol–water partition coefficient (Wildman–Crippen LogP) is -2.74. The zero-order valence-electron chi connectivity index (χ0n) is 12.1. The van der Waals surface area contributed by atoms with Crippen LogP contribution in [0.5, 0.6) is 0 Å². The third-order valence-corrected chi connectivity index (χ3v) is 2.11. The summed E-state index contributed by atoms with van der Waals surface area (Å²) < 4.78 is 26.4. The van der Waals surface area contributed by atoms with Crippen LogP contribution in [0, 0.1) is 0 Å². The zero-order valence-corrected chi connectivity index (χ0v) is 12.1. The van der Waals surface area contributed by atoms with Crippen molar-refractivity contribution in [3.8, 4) is 0 Å². The Morgan fingerprint density at radius 1 is 0.333 bits per heavy atom. The molecule has 1 saturated heterocycles. The van der Waals surface area contributed by atoms with E-state index in [1.807, 2.05) is 0 Å². The van der Waals surface area contributed by atoms with Gasteiger partial charge in [0.15, 0.2) is 39.6 Å². The topological polar surface area (TPSA) is 158 Å². The normalized spacial score (nSPS) is 19.5. The van der Waals surface area contributed by atoms with Gasteiger partial charge in [-0.1, -0.05) is 0 Å². The van der Waals surface area contributed by atoms with E-state index in [2.05, 4.69) is 28.4 Å². The number of ether oxygens (including phenoxy) is 6. The summed E-state index contributed by atoms with van der Waals surface area (Å²) in [6, 6.07) is 0. The monoisotopic (exact) mass is 348 g/mol. The van der Waals surface area contributed by atoms with Gasteiger partial charge in [-0.05, 0) is 0 Å². The van der Waals surface area contributed by atoms with Crippen LogP contribution in [0.1, 0.15) is 0 Å². The number of carbonyl (C=O) groups is 6. The average Bonchev–Trinajstić information content (AvgIpc) is 2.56. The fourth-order valence-electron chi connectivity index (χ4n) is 1.09. The standard InChI is InChI=1S/C12H12O12/c13-7-1-19-8(14)2-21-10(16)4-23-12(18)6-24-11(17)5-22-9(15)3-20-7/h1-6H2. The minimum Gasteiger partial charge on any atom is -0.451 e. The molecule has 0 N–H and O–H groups in total. The van der Waals surface area contributed by atoms with E-state index >= 15 is 0 Å². The Hall–Kier alpha value is -3.18. The highest BCUT2D eigenvalue weighted by Crippen LogP contribution is 1.92. The first-order chi connectivity index (χ1) is 11.4. The van der Waals surface area contributed by atoms with Gasteiger partial charge in [0, 0.05) is 0 Å². The van der Waals surface area contributed by atoms with Crippen LogP contribution in [0.15, 0.2) is 0 Å². The van der Waals surface area contributed by atoms with Crippen LogP contribution < -0.4 is 0 Å². The van der Waals surface area contributed by atoms with Crippen LogP contribution in [0.3, 0.4) is 0 Å². The lowest BCUT2D eigenvalue weighted by atomic mass is 10.6. The molecule has 0 saturated carbocycles. The fourth-order valence-corrected chi connectivity index (χ4v) is 1.09. The maximum Gasteiger partial charge on any atom is 0.344 e. The van der Waals surface area contributed by atoms with E-state index in [0.717, 1.165) is 0 Å². The molecule has 12 nitrogen and oxygen atoms in total. The maximum atomic E-state index is 11.2. The molecule has 1 fully saturated rings. The molecule has 132 valence electrons. The Labute approximate surface area is 133 Å². The van der Waals surface area contributed by atoms with E-state index in [9.17, 15) is 28.8 Å². The molecule has 0 radical (unpaired) electrons. The molecule has 0 aromatic rings. The highest BCUT2D eigenvalue weighted by Gasteiger charge is 2.17. The van der Waals surface area contributed by atoms with E-state index in [-0.39, 0.29) is 0 Å². The lowest BCUT2D eigenvalue weighted by Crippen LogP contribution is -2.27. The highest BCUT2D eigenvalue weighted by molar-refractivity contribution is 5.83. The third kappa shape index (κ3) is 8.31. The molecular weight excluding hydrogens is 336 g/mol. The third-order valence-electron chi connectivity index (χ3n) is 2.11. The molecule has 24 heavy (non-hydrogen) atoms. The van der Waals surface area contributed by atoms with Gasteiger partial charge in [0.25, 0.3) is 0 Å². The van der Waals surface area contributed by atoms with E-state index in [4.69, 9.17) is 0 Å². The summed E-state index contributed by atoms with van der Waals surface area (Å²) in [4.78, 5) is 67.0. The van der Waals surface area contributed by atoms with Gasteiger partial charge >= 0.3 is 35.8 Å². The largest absolute Gasteiger partial charge is 0.451 e. The molecule has 0 atom stereocenters. The molecule has 0 unspecified atom stereocenters. The number of cyclic esters (lactones) is 6. The molecule has 0 amide bonds. The van der Waals surface area contributed by atoms with Gasteiger partial charge in [-0.3, -0.25) is 0 Å². The van der Waals surface area contributed by atoms with Crippen molar-refractivity contribution in [2.75, 3.05) is 39.6 Å². The van der Waals surface area contributed by atoms with Gasteiger partial charge < -0.3 is 28.4 Å². The molecule has 1 rings (SSSR count). The smallest absolute Gasteiger partial charge is 0.344 e. The summed E-state index contributed by atoms with van der Waals surface area (Å²) in [5, 5.41) is 0. The van der Waals surface area contributed by atoms with Crippen LogP contribution >= 0.6 is 0 Å². The van der Waals surface area contributed by atoms with Crippen molar-refractivity contribution < 1.29 is 57.2 Å². The summed E-state index contributed by atoms with van der Waals surface area (Å²) >= 11 is 0. The van der Waals surface area contributed by atoms with E-state index in [0.29, 0.717) is 0 Å². The summed E-state index contributed by atoms with van der Waals surface area (Å²) in [7, 11) is 0. The maximum absolute atomic E-state index is 11.2. The Balaban J connectivity index is 2.56. The van der Waals surface area contributed by atoms with Crippen molar-refractivity contribution in [3.63, 3.8) is 0 Å². The zero-order chi connectivity index (χ0) is 17.9. The molecule has 0 spiro atoms. The summed E-state index contributed by atoms with van der Waals surface area (Å²) in [5.41, 5.74) is 0. The fraction of sp³-hybridized carbons (Fsp3) is 0.500. The van der Waals surface area contributed by atoms with E-state index in [1.54, 1.807) is 0 Å². The summed E-state index contributed by atoms with van der Waals surface area (Å²) in [6.45, 7) is -5.00. The number of carbonyl (C=O) groups excluding carboxylic acids is 6. The Bertz CT molecular complexity index is 376. The average molecular weight is 348 g/mol. The van der Waals surface area contributed by atoms with Crippen LogP contribution in [0.2, 0.25) is 0 Å². The highest BCUT2D eigenvalue weighted by atomic mass is 16.6. The van der Waals surface area contributed by atoms with Crippen molar-refractivity contribution in [1.29, 1.82) is 0 Å². The summed E-state index contributed by atoms with van der Waals surface area (Å²) in [6.07, 6.45) is 0. The minimum atomic E-state index is -1.07. The first-order valence-corrected chi connectivity index (χ1v) is 6.30. The first-order valence-electron chi connectivity index (χ1n) is 6.30. The van der Waals surface area contributed by atoms with Crippen LogP contribution in [-0.4, -0.2) is 75.5 Å². The summed E-state index contributed by atoms with van der Waals surface area (Å²) in [5.74, 6) is -6.39. The number of esters is 6. The van der Waals surface area contributed by atoms with Crippen molar-refractivity contribution in [3.05, 3.63) is 0 Å². The molecule has 0 aliphatic carbocycles. The van der Waals surface area contributed by atoms with Gasteiger partial charge in [0.05, 0.1) is 0 Å². The quantitative estimate of drug-likeness (QED) is 0.329. The molecular formula is C12H12O12. The second-order valence-corrected chi connectivity index (χ2v) is 3.96. The van der Waals surface area contributed by atoms with Crippen LogP contribution in [-0.2, 0) is 57.2 Å². The molecule has 12 heteroatoms. The van der Waals surface area contributed by atoms with E-state index < -0.39 is 75.5 Å². The van der Waals surface area contributed by atoms with Crippen molar-refractivity contribution in [1.82, 2.24) is 0 Å². The van der Waals surface area contributed by atoms with Crippen molar-refractivity contribution in [2.45, 2.75) is 0 Å². The molecule has 1 aliphatic heterocycles. The van der Waals surface area contributed by atoms with Crippen LogP contribution in [0.25, 0.3) is 0 Å². The van der Waals surface area contributed by atoms with Crippen molar-refractivity contribution >= 4 is 35.8 Å². The van der Waals surface area contributed by atoms with Gasteiger partial charge in [0.2, 0.25) is 0 Å². The molecule has 0 aromatic carbocycles. The van der Waals surface area contributed by atoms with E-state index in [1.165, 1.54) is 0 Å². The Kier molecular flexibility index (Phi) is 7.67. The lowest BCUT2D eigenvalue weighted by molar-refractivity contribution is -0.174. The second-order valence-electron chi connectivity index (χ2n) is 3.96. The number of rotatable bonds is 0. The minimum absolute atomic E-state index is 0.833. The second kappa shape index (κ2) is 9.76.